The molecule has 0 saturated carbocycles. The fraction of sp³-hybridized carbons (Fsp3) is 0.471. The highest BCUT2D eigenvalue weighted by Gasteiger charge is 2.22. The molecule has 1 fully saturated rings. The van der Waals surface area contributed by atoms with Crippen LogP contribution in [0.4, 0.5) is 0 Å². The number of carbonyl (C=O) groups is 2. The lowest BCUT2D eigenvalue weighted by molar-refractivity contribution is -0.130. The minimum atomic E-state index is 0.0170. The Labute approximate surface area is 135 Å². The minimum absolute atomic E-state index is 0.0170. The van der Waals surface area contributed by atoms with E-state index in [0.717, 1.165) is 24.0 Å². The number of nitrogens with zero attached hydrogens (tertiary/aromatic N) is 4. The first-order valence-corrected chi connectivity index (χ1v) is 8.08. The minimum Gasteiger partial charge on any atom is -0.341 e. The van der Waals surface area contributed by atoms with Crippen LogP contribution in [0.15, 0.2) is 24.5 Å². The van der Waals surface area contributed by atoms with E-state index >= 15 is 0 Å². The number of aromatic nitrogens is 2. The summed E-state index contributed by atoms with van der Waals surface area (Å²) in [6.45, 7) is 4.50. The third-order valence-electron chi connectivity index (χ3n) is 4.41. The normalized spacial score (nSPS) is 15.7. The van der Waals surface area contributed by atoms with Crippen molar-refractivity contribution in [3.8, 4) is 0 Å². The summed E-state index contributed by atoms with van der Waals surface area (Å²) >= 11 is 0. The van der Waals surface area contributed by atoms with Gasteiger partial charge in [-0.05, 0) is 24.6 Å². The zero-order valence-electron chi connectivity index (χ0n) is 13.7. The van der Waals surface area contributed by atoms with Crippen molar-refractivity contribution in [2.24, 2.45) is 7.05 Å². The Hall–Kier alpha value is -2.37. The maximum atomic E-state index is 12.7. The van der Waals surface area contributed by atoms with Gasteiger partial charge in [-0.25, -0.2) is 4.98 Å². The number of hydrogen-bond donors (Lipinski definition) is 0. The van der Waals surface area contributed by atoms with Gasteiger partial charge >= 0.3 is 0 Å². The summed E-state index contributed by atoms with van der Waals surface area (Å²) in [4.78, 5) is 32.6. The average molecular weight is 314 g/mol. The van der Waals surface area contributed by atoms with Crippen LogP contribution >= 0.6 is 0 Å². The Kier molecular flexibility index (Phi) is 4.32. The summed E-state index contributed by atoms with van der Waals surface area (Å²) in [7, 11) is 1.94. The number of fused-ring (bicyclic) bond motifs is 1. The van der Waals surface area contributed by atoms with Gasteiger partial charge in [-0.3, -0.25) is 9.59 Å². The van der Waals surface area contributed by atoms with Gasteiger partial charge in [-0.2, -0.15) is 0 Å². The molecule has 2 amide bonds. The van der Waals surface area contributed by atoms with Gasteiger partial charge in [0.15, 0.2) is 0 Å². The quantitative estimate of drug-likeness (QED) is 0.847. The zero-order valence-corrected chi connectivity index (χ0v) is 13.7. The molecule has 6 heteroatoms. The lowest BCUT2D eigenvalue weighted by Crippen LogP contribution is -2.37. The van der Waals surface area contributed by atoms with Crippen LogP contribution in [0.5, 0.6) is 0 Å². The molecule has 0 unspecified atom stereocenters. The lowest BCUT2D eigenvalue weighted by Gasteiger charge is -2.22. The Bertz CT molecular complexity index is 737. The van der Waals surface area contributed by atoms with Crippen molar-refractivity contribution in [2.45, 2.75) is 19.8 Å². The van der Waals surface area contributed by atoms with E-state index in [4.69, 9.17) is 0 Å². The third kappa shape index (κ3) is 3.06. The van der Waals surface area contributed by atoms with Gasteiger partial charge in [0.25, 0.3) is 5.91 Å². The summed E-state index contributed by atoms with van der Waals surface area (Å²) in [5, 5.41) is 0. The number of benzene rings is 1. The smallest absolute Gasteiger partial charge is 0.253 e. The molecule has 0 spiro atoms. The van der Waals surface area contributed by atoms with E-state index in [1.807, 2.05) is 46.5 Å². The van der Waals surface area contributed by atoms with Crippen LogP contribution in [0.25, 0.3) is 11.0 Å². The Balaban J connectivity index is 1.75. The van der Waals surface area contributed by atoms with Crippen molar-refractivity contribution in [3.05, 3.63) is 30.1 Å². The third-order valence-corrected chi connectivity index (χ3v) is 4.41. The Morgan fingerprint density at radius 3 is 2.65 bits per heavy atom. The standard InChI is InChI=1S/C17H22N4O2/c1-3-16(22)20-7-4-8-21(10-9-20)17(23)13-5-6-15-14(11-13)18-12-19(15)2/h5-6,11-12H,3-4,7-10H2,1-2H3. The molecule has 6 nitrogen and oxygen atoms in total. The van der Waals surface area contributed by atoms with Gasteiger partial charge in [0.05, 0.1) is 17.4 Å². The predicted molar refractivity (Wildman–Crippen MR) is 88.1 cm³/mol. The van der Waals surface area contributed by atoms with E-state index in [9.17, 15) is 9.59 Å². The van der Waals surface area contributed by atoms with Crippen molar-refractivity contribution in [1.82, 2.24) is 19.4 Å². The summed E-state index contributed by atoms with van der Waals surface area (Å²) in [6, 6.07) is 5.63. The summed E-state index contributed by atoms with van der Waals surface area (Å²) in [6.07, 6.45) is 3.09. The largest absolute Gasteiger partial charge is 0.341 e. The fourth-order valence-corrected chi connectivity index (χ4v) is 3.05. The maximum Gasteiger partial charge on any atom is 0.253 e. The van der Waals surface area contributed by atoms with E-state index < -0.39 is 0 Å². The highest BCUT2D eigenvalue weighted by Crippen LogP contribution is 2.16. The van der Waals surface area contributed by atoms with Crippen LogP contribution in [0.2, 0.25) is 0 Å². The Morgan fingerprint density at radius 1 is 1.13 bits per heavy atom. The first kappa shape index (κ1) is 15.5. The molecule has 1 aliphatic rings. The van der Waals surface area contributed by atoms with E-state index in [-0.39, 0.29) is 11.8 Å². The molecule has 0 aliphatic carbocycles. The topological polar surface area (TPSA) is 58.4 Å². The molecule has 1 saturated heterocycles. The van der Waals surface area contributed by atoms with Crippen molar-refractivity contribution in [3.63, 3.8) is 0 Å². The molecule has 1 aromatic heterocycles. The molecule has 0 atom stereocenters. The summed E-state index contributed by atoms with van der Waals surface area (Å²) in [5.74, 6) is 0.178. The van der Waals surface area contributed by atoms with E-state index in [1.54, 1.807) is 6.33 Å². The number of imidazole rings is 1. The number of aryl methyl sites for hydroxylation is 1. The second kappa shape index (κ2) is 6.40. The van der Waals surface area contributed by atoms with Crippen LogP contribution in [0, 0.1) is 0 Å². The summed E-state index contributed by atoms with van der Waals surface area (Å²) < 4.78 is 1.93. The second-order valence-electron chi connectivity index (χ2n) is 5.94. The van der Waals surface area contributed by atoms with Crippen molar-refractivity contribution in [1.29, 1.82) is 0 Å². The van der Waals surface area contributed by atoms with Gasteiger partial charge in [-0.1, -0.05) is 6.92 Å². The van der Waals surface area contributed by atoms with Crippen LogP contribution in [-0.4, -0.2) is 57.3 Å². The molecular formula is C17H22N4O2. The fourth-order valence-electron chi connectivity index (χ4n) is 3.05. The first-order valence-electron chi connectivity index (χ1n) is 8.08. The average Bonchev–Trinajstić information content (AvgIpc) is 2.79. The molecule has 2 heterocycles. The van der Waals surface area contributed by atoms with Crippen LogP contribution in [-0.2, 0) is 11.8 Å². The highest BCUT2D eigenvalue weighted by atomic mass is 16.2. The van der Waals surface area contributed by atoms with Gasteiger partial charge < -0.3 is 14.4 Å². The van der Waals surface area contributed by atoms with Crippen molar-refractivity contribution < 1.29 is 9.59 Å². The van der Waals surface area contributed by atoms with Gasteiger partial charge in [0.2, 0.25) is 5.91 Å². The van der Waals surface area contributed by atoms with Gasteiger partial charge in [-0.15, -0.1) is 0 Å². The van der Waals surface area contributed by atoms with Crippen LogP contribution < -0.4 is 0 Å². The molecule has 1 aromatic carbocycles. The molecule has 23 heavy (non-hydrogen) atoms. The molecule has 3 rings (SSSR count). The predicted octanol–water partition coefficient (Wildman–Crippen LogP) is 1.66. The second-order valence-corrected chi connectivity index (χ2v) is 5.94. The van der Waals surface area contributed by atoms with E-state index in [0.29, 0.717) is 31.6 Å². The number of rotatable bonds is 2. The van der Waals surface area contributed by atoms with Crippen LogP contribution in [0.3, 0.4) is 0 Å². The number of amides is 2. The highest BCUT2D eigenvalue weighted by molar-refractivity contribution is 5.97. The molecule has 0 radical (unpaired) electrons. The summed E-state index contributed by atoms with van der Waals surface area (Å²) in [5.41, 5.74) is 2.50. The van der Waals surface area contributed by atoms with Gasteiger partial charge in [0.1, 0.15) is 0 Å². The van der Waals surface area contributed by atoms with Crippen molar-refractivity contribution in [2.75, 3.05) is 26.2 Å². The molecule has 1 aliphatic heterocycles. The van der Waals surface area contributed by atoms with Gasteiger partial charge in [0, 0.05) is 45.2 Å². The molecule has 0 N–H and O–H groups in total. The Morgan fingerprint density at radius 2 is 1.87 bits per heavy atom. The molecular weight excluding hydrogens is 292 g/mol. The van der Waals surface area contributed by atoms with E-state index in [2.05, 4.69) is 4.98 Å². The van der Waals surface area contributed by atoms with E-state index in [1.165, 1.54) is 0 Å². The number of carbonyl (C=O) groups excluding carboxylic acids is 2. The zero-order chi connectivity index (χ0) is 16.4. The first-order chi connectivity index (χ1) is 11.1. The SMILES string of the molecule is CCC(=O)N1CCCN(C(=O)c2ccc3c(c2)ncn3C)CC1. The molecule has 0 bridgehead atoms. The lowest BCUT2D eigenvalue weighted by atomic mass is 10.1. The van der Waals surface area contributed by atoms with Crippen LogP contribution in [0.1, 0.15) is 30.1 Å². The molecule has 122 valence electrons. The maximum absolute atomic E-state index is 12.7. The van der Waals surface area contributed by atoms with Crippen molar-refractivity contribution >= 4 is 22.8 Å². The monoisotopic (exact) mass is 314 g/mol. The number of hydrogen-bond acceptors (Lipinski definition) is 3. The molecule has 2 aromatic rings.